The van der Waals surface area contributed by atoms with Gasteiger partial charge in [0.2, 0.25) is 0 Å². The van der Waals surface area contributed by atoms with E-state index in [9.17, 15) is 22.8 Å². The second-order valence-corrected chi connectivity index (χ2v) is 11.2. The molecule has 0 aliphatic carbocycles. The van der Waals surface area contributed by atoms with Crippen LogP contribution in [0.1, 0.15) is 30.8 Å². The summed E-state index contributed by atoms with van der Waals surface area (Å²) in [6.07, 6.45) is 0.364. The smallest absolute Gasteiger partial charge is 0.359 e. The third-order valence-corrected chi connectivity index (χ3v) is 7.61. The average molecular weight is 498 g/mol. The van der Waals surface area contributed by atoms with Gasteiger partial charge in [0.1, 0.15) is 0 Å². The molecule has 0 radical (unpaired) electrons. The molecule has 9 nitrogen and oxygen atoms in total. The van der Waals surface area contributed by atoms with Crippen LogP contribution in [0.3, 0.4) is 0 Å². The number of rotatable bonds is 7. The Morgan fingerprint density at radius 3 is 2.37 bits per heavy atom. The van der Waals surface area contributed by atoms with E-state index in [2.05, 4.69) is 5.10 Å². The van der Waals surface area contributed by atoms with Crippen molar-refractivity contribution in [3.8, 4) is 5.69 Å². The molecular weight excluding hydrogens is 470 g/mol. The highest BCUT2D eigenvalue weighted by Crippen LogP contribution is 2.20. The van der Waals surface area contributed by atoms with E-state index in [4.69, 9.17) is 4.74 Å². The first-order valence-corrected chi connectivity index (χ1v) is 13.2. The van der Waals surface area contributed by atoms with Gasteiger partial charge in [-0.3, -0.25) is 9.59 Å². The molecule has 1 saturated heterocycles. The first-order chi connectivity index (χ1) is 16.7. The highest BCUT2D eigenvalue weighted by atomic mass is 32.2. The Morgan fingerprint density at radius 2 is 1.74 bits per heavy atom. The van der Waals surface area contributed by atoms with Crippen molar-refractivity contribution >= 4 is 32.5 Å². The molecule has 0 spiro atoms. The number of hydrogen-bond donors (Lipinski definition) is 0. The third kappa shape index (κ3) is 5.43. The summed E-state index contributed by atoms with van der Waals surface area (Å²) in [5.41, 5.74) is 0.0135. The Bertz CT molecular complexity index is 1420. The number of carbonyl (C=O) groups is 2. The second-order valence-electron chi connectivity index (χ2n) is 9.02. The Hall–Kier alpha value is -3.53. The van der Waals surface area contributed by atoms with Crippen molar-refractivity contribution in [1.82, 2.24) is 14.7 Å². The van der Waals surface area contributed by atoms with E-state index in [0.717, 1.165) is 4.68 Å². The van der Waals surface area contributed by atoms with Crippen LogP contribution in [0.2, 0.25) is 0 Å². The molecule has 1 aliphatic rings. The maximum atomic E-state index is 13.1. The number of amides is 1. The van der Waals surface area contributed by atoms with Gasteiger partial charge in [-0.15, -0.1) is 0 Å². The normalized spacial score (nSPS) is 16.9. The van der Waals surface area contributed by atoms with Crippen molar-refractivity contribution in [2.75, 3.05) is 24.7 Å². The summed E-state index contributed by atoms with van der Waals surface area (Å²) < 4.78 is 30.4. The summed E-state index contributed by atoms with van der Waals surface area (Å²) in [5.74, 6) is -1.25. The fraction of sp³-hybridized carbons (Fsp3) is 0.360. The fourth-order valence-electron chi connectivity index (χ4n) is 4.23. The highest BCUT2D eigenvalue weighted by Gasteiger charge is 2.35. The lowest BCUT2D eigenvalue weighted by Gasteiger charge is -2.29. The van der Waals surface area contributed by atoms with Crippen molar-refractivity contribution in [3.05, 3.63) is 70.6 Å². The summed E-state index contributed by atoms with van der Waals surface area (Å²) >= 11 is 0. The first kappa shape index (κ1) is 24.6. The zero-order chi connectivity index (χ0) is 25.2. The van der Waals surface area contributed by atoms with Gasteiger partial charge in [0.25, 0.3) is 11.5 Å². The zero-order valence-corrected chi connectivity index (χ0v) is 20.4. The molecule has 0 unspecified atom stereocenters. The van der Waals surface area contributed by atoms with Gasteiger partial charge in [0.15, 0.2) is 22.1 Å². The molecule has 4 rings (SSSR count). The largest absolute Gasteiger partial charge is 0.451 e. The molecule has 3 aromatic rings. The van der Waals surface area contributed by atoms with E-state index < -0.39 is 34.4 Å². The predicted molar refractivity (Wildman–Crippen MR) is 131 cm³/mol. The van der Waals surface area contributed by atoms with Crippen molar-refractivity contribution in [2.24, 2.45) is 5.92 Å². The summed E-state index contributed by atoms with van der Waals surface area (Å²) in [5, 5.41) is 4.88. The van der Waals surface area contributed by atoms with E-state index in [-0.39, 0.29) is 28.7 Å². The van der Waals surface area contributed by atoms with Crippen LogP contribution in [0.15, 0.2) is 59.4 Å². The zero-order valence-electron chi connectivity index (χ0n) is 19.6. The number of esters is 1. The molecule has 1 aliphatic heterocycles. The van der Waals surface area contributed by atoms with Crippen LogP contribution >= 0.6 is 0 Å². The van der Waals surface area contributed by atoms with Gasteiger partial charge >= 0.3 is 5.97 Å². The highest BCUT2D eigenvalue weighted by molar-refractivity contribution is 7.91. The van der Waals surface area contributed by atoms with Crippen LogP contribution in [0.25, 0.3) is 16.5 Å². The lowest BCUT2D eigenvalue weighted by atomic mass is 10.1. The standard InChI is InChI=1S/C25H27N3O6S/c1-17(2)14-27(19-12-13-35(32,33)16-19)22(29)15-34-25(31)23-20-10-6-7-11-21(20)24(30)28(26-23)18-8-4-3-5-9-18/h3-11,17,19H,12-16H2,1-2H3/t19-/m0/s1. The Kier molecular flexibility index (Phi) is 7.02. The Labute approximate surface area is 203 Å². The quantitative estimate of drug-likeness (QED) is 0.460. The van der Waals surface area contributed by atoms with E-state index in [0.29, 0.717) is 29.4 Å². The molecule has 2 aromatic carbocycles. The minimum atomic E-state index is -3.19. The van der Waals surface area contributed by atoms with Gasteiger partial charge in [0.05, 0.1) is 22.6 Å². The van der Waals surface area contributed by atoms with Crippen molar-refractivity contribution in [1.29, 1.82) is 0 Å². The maximum absolute atomic E-state index is 13.1. The summed E-state index contributed by atoms with van der Waals surface area (Å²) in [4.78, 5) is 40.6. The minimum absolute atomic E-state index is 0.0380. The number of sulfone groups is 1. The van der Waals surface area contributed by atoms with E-state index in [1.165, 1.54) is 4.90 Å². The molecule has 184 valence electrons. The van der Waals surface area contributed by atoms with E-state index in [1.54, 1.807) is 54.6 Å². The molecule has 2 heterocycles. The lowest BCUT2D eigenvalue weighted by Crippen LogP contribution is -2.45. The molecule has 1 fully saturated rings. The lowest BCUT2D eigenvalue weighted by molar-refractivity contribution is -0.137. The average Bonchev–Trinajstić information content (AvgIpc) is 3.21. The van der Waals surface area contributed by atoms with Gasteiger partial charge in [-0.2, -0.15) is 9.78 Å². The number of nitrogens with zero attached hydrogens (tertiary/aromatic N) is 3. The summed E-state index contributed by atoms with van der Waals surface area (Å²) in [6, 6.07) is 14.8. The van der Waals surface area contributed by atoms with Gasteiger partial charge in [-0.25, -0.2) is 13.2 Å². The fourth-order valence-corrected chi connectivity index (χ4v) is 5.96. The monoisotopic (exact) mass is 497 g/mol. The second kappa shape index (κ2) is 9.99. The molecule has 35 heavy (non-hydrogen) atoms. The number of carbonyl (C=O) groups excluding carboxylic acids is 2. The topological polar surface area (TPSA) is 116 Å². The maximum Gasteiger partial charge on any atom is 0.359 e. The van der Waals surface area contributed by atoms with Crippen LogP contribution in [0.5, 0.6) is 0 Å². The molecular formula is C25H27N3O6S. The van der Waals surface area contributed by atoms with Crippen molar-refractivity contribution in [3.63, 3.8) is 0 Å². The first-order valence-electron chi connectivity index (χ1n) is 11.4. The molecule has 0 N–H and O–H groups in total. The van der Waals surface area contributed by atoms with Gasteiger partial charge in [0, 0.05) is 18.0 Å². The Morgan fingerprint density at radius 1 is 1.09 bits per heavy atom. The van der Waals surface area contributed by atoms with E-state index in [1.807, 2.05) is 13.8 Å². The minimum Gasteiger partial charge on any atom is -0.451 e. The molecule has 0 bridgehead atoms. The van der Waals surface area contributed by atoms with Crippen LogP contribution in [0, 0.1) is 5.92 Å². The van der Waals surface area contributed by atoms with Crippen LogP contribution in [-0.4, -0.2) is 65.7 Å². The van der Waals surface area contributed by atoms with Crippen LogP contribution in [-0.2, 0) is 19.4 Å². The predicted octanol–water partition coefficient (Wildman–Crippen LogP) is 2.21. The number of ether oxygens (including phenoxy) is 1. The molecule has 1 aromatic heterocycles. The molecule has 1 atom stereocenters. The molecule has 10 heteroatoms. The Balaban J connectivity index is 1.60. The summed E-state index contributed by atoms with van der Waals surface area (Å²) in [7, 11) is -3.19. The third-order valence-electron chi connectivity index (χ3n) is 5.86. The van der Waals surface area contributed by atoms with Gasteiger partial charge < -0.3 is 9.64 Å². The van der Waals surface area contributed by atoms with E-state index >= 15 is 0 Å². The van der Waals surface area contributed by atoms with Gasteiger partial charge in [-0.1, -0.05) is 50.2 Å². The van der Waals surface area contributed by atoms with Crippen molar-refractivity contribution in [2.45, 2.75) is 26.3 Å². The number of hydrogen-bond acceptors (Lipinski definition) is 7. The molecule has 0 saturated carbocycles. The number of aromatic nitrogens is 2. The van der Waals surface area contributed by atoms with Crippen LogP contribution < -0.4 is 5.56 Å². The SMILES string of the molecule is CC(C)CN(C(=O)COC(=O)c1nn(-c2ccccc2)c(=O)c2ccccc12)[C@H]1CCS(=O)(=O)C1. The number of para-hydroxylation sites is 1. The molecule has 1 amide bonds. The number of benzene rings is 2. The van der Waals surface area contributed by atoms with Gasteiger partial charge in [-0.05, 0) is 30.5 Å². The van der Waals surface area contributed by atoms with Crippen LogP contribution in [0.4, 0.5) is 0 Å². The van der Waals surface area contributed by atoms with Crippen molar-refractivity contribution < 1.29 is 22.7 Å². The summed E-state index contributed by atoms with van der Waals surface area (Å²) in [6.45, 7) is 3.66. The number of fused-ring (bicyclic) bond motifs is 1.